The molecule has 1 fully saturated rings. The van der Waals surface area contributed by atoms with Crippen molar-refractivity contribution >= 4 is 0 Å². The molecule has 0 aromatic heterocycles. The van der Waals surface area contributed by atoms with Gasteiger partial charge >= 0.3 is 0 Å². The molecule has 2 aliphatic heterocycles. The van der Waals surface area contributed by atoms with Crippen molar-refractivity contribution in [3.63, 3.8) is 0 Å². The van der Waals surface area contributed by atoms with Crippen LogP contribution in [0.25, 0.3) is 0 Å². The summed E-state index contributed by atoms with van der Waals surface area (Å²) < 4.78 is 16.4. The summed E-state index contributed by atoms with van der Waals surface area (Å²) in [6.45, 7) is 0.881. The van der Waals surface area contributed by atoms with Crippen LogP contribution < -0.4 is 9.47 Å². The molecule has 0 saturated carbocycles. The lowest BCUT2D eigenvalue weighted by molar-refractivity contribution is -0.0400. The minimum atomic E-state index is -0.602. The third-order valence-electron chi connectivity index (χ3n) is 5.79. The molecule has 2 bridgehead atoms. The van der Waals surface area contributed by atoms with Crippen LogP contribution >= 0.6 is 0 Å². The standard InChI is InChI=1S/C18H23NO4/c1-21-11-4-5-18-6-7-19(16(18)8-11)17(20)12-9-14(22-2)15(23-3)10-13(12)18/h4-5,9-11,16-17,20H,6-8H2,1-3H3/t11-,16?,17?,18?/m1/s1. The number of hydrogen-bond acceptors (Lipinski definition) is 5. The first kappa shape index (κ1) is 15.0. The van der Waals surface area contributed by atoms with Gasteiger partial charge in [0.1, 0.15) is 6.23 Å². The van der Waals surface area contributed by atoms with Crippen LogP contribution in [0.1, 0.15) is 30.2 Å². The van der Waals surface area contributed by atoms with Crippen LogP contribution in [0, 0.1) is 0 Å². The van der Waals surface area contributed by atoms with Gasteiger partial charge in [0, 0.05) is 30.7 Å². The fraction of sp³-hybridized carbons (Fsp3) is 0.556. The molecule has 5 nitrogen and oxygen atoms in total. The van der Waals surface area contributed by atoms with Gasteiger partial charge in [-0.05, 0) is 30.5 Å². The van der Waals surface area contributed by atoms with E-state index in [4.69, 9.17) is 14.2 Å². The molecule has 1 saturated heterocycles. The highest BCUT2D eigenvalue weighted by molar-refractivity contribution is 5.55. The Kier molecular flexibility index (Phi) is 3.41. The molecule has 0 amide bonds. The molecule has 5 atom stereocenters. The first-order chi connectivity index (χ1) is 11.1. The maximum atomic E-state index is 10.9. The number of aliphatic hydroxyl groups excluding tert-OH is 1. The van der Waals surface area contributed by atoms with Gasteiger partial charge in [0.2, 0.25) is 0 Å². The zero-order valence-corrected chi connectivity index (χ0v) is 13.8. The Morgan fingerprint density at radius 1 is 1.17 bits per heavy atom. The average molecular weight is 317 g/mol. The molecule has 0 spiro atoms. The van der Waals surface area contributed by atoms with E-state index in [1.54, 1.807) is 21.3 Å². The highest BCUT2D eigenvalue weighted by Gasteiger charge is 2.56. The summed E-state index contributed by atoms with van der Waals surface area (Å²) in [5.41, 5.74) is 2.02. The molecular weight excluding hydrogens is 294 g/mol. The molecule has 1 aromatic carbocycles. The van der Waals surface area contributed by atoms with Gasteiger partial charge in [-0.3, -0.25) is 4.90 Å². The Hall–Kier alpha value is -1.56. The van der Waals surface area contributed by atoms with E-state index >= 15 is 0 Å². The maximum Gasteiger partial charge on any atom is 0.161 e. The van der Waals surface area contributed by atoms with E-state index in [0.29, 0.717) is 11.5 Å². The molecule has 4 unspecified atom stereocenters. The highest BCUT2D eigenvalue weighted by atomic mass is 16.5. The smallest absolute Gasteiger partial charge is 0.161 e. The van der Waals surface area contributed by atoms with Crippen LogP contribution in [0.2, 0.25) is 0 Å². The molecule has 3 aliphatic rings. The fourth-order valence-electron chi connectivity index (χ4n) is 4.61. The third kappa shape index (κ3) is 1.90. The lowest BCUT2D eigenvalue weighted by Gasteiger charge is -2.47. The minimum Gasteiger partial charge on any atom is -0.493 e. The number of ether oxygens (including phenoxy) is 3. The van der Waals surface area contributed by atoms with Gasteiger partial charge < -0.3 is 19.3 Å². The van der Waals surface area contributed by atoms with Gasteiger partial charge in [-0.15, -0.1) is 0 Å². The molecule has 1 N–H and O–H groups in total. The van der Waals surface area contributed by atoms with Gasteiger partial charge in [0.25, 0.3) is 0 Å². The number of hydrogen-bond donors (Lipinski definition) is 1. The number of aliphatic hydroxyl groups is 1. The lowest BCUT2D eigenvalue weighted by atomic mass is 9.66. The van der Waals surface area contributed by atoms with Crippen molar-refractivity contribution in [3.8, 4) is 11.5 Å². The second-order valence-electron chi connectivity index (χ2n) is 6.58. The summed E-state index contributed by atoms with van der Waals surface area (Å²) in [6.07, 6.45) is 5.86. The summed E-state index contributed by atoms with van der Waals surface area (Å²) in [4.78, 5) is 2.20. The average Bonchev–Trinajstić information content (AvgIpc) is 2.94. The van der Waals surface area contributed by atoms with Crippen molar-refractivity contribution in [2.45, 2.75) is 36.6 Å². The Balaban J connectivity index is 1.91. The van der Waals surface area contributed by atoms with Crippen LogP contribution in [0.4, 0.5) is 0 Å². The molecular formula is C18H23NO4. The maximum absolute atomic E-state index is 10.9. The van der Waals surface area contributed by atoms with Crippen molar-refractivity contribution in [3.05, 3.63) is 35.4 Å². The van der Waals surface area contributed by atoms with Crippen molar-refractivity contribution < 1.29 is 19.3 Å². The van der Waals surface area contributed by atoms with E-state index in [9.17, 15) is 5.11 Å². The molecule has 2 heterocycles. The van der Waals surface area contributed by atoms with E-state index < -0.39 is 6.23 Å². The Morgan fingerprint density at radius 2 is 1.91 bits per heavy atom. The van der Waals surface area contributed by atoms with Crippen molar-refractivity contribution in [2.24, 2.45) is 0 Å². The number of methoxy groups -OCH3 is 3. The first-order valence-electron chi connectivity index (χ1n) is 8.07. The molecule has 0 radical (unpaired) electrons. The zero-order valence-electron chi connectivity index (χ0n) is 13.8. The molecule has 4 rings (SSSR count). The zero-order chi connectivity index (χ0) is 16.2. The molecule has 1 aromatic rings. The second kappa shape index (κ2) is 5.23. The summed E-state index contributed by atoms with van der Waals surface area (Å²) in [6, 6.07) is 4.23. The quantitative estimate of drug-likeness (QED) is 0.864. The number of benzene rings is 1. The molecule has 23 heavy (non-hydrogen) atoms. The molecule has 5 heteroatoms. The summed E-state index contributed by atoms with van der Waals surface area (Å²) in [5, 5.41) is 10.9. The van der Waals surface area contributed by atoms with Crippen LogP contribution in [-0.4, -0.2) is 50.0 Å². The van der Waals surface area contributed by atoms with Gasteiger partial charge in [-0.2, -0.15) is 0 Å². The number of fused-ring (bicyclic) bond motifs is 1. The normalized spacial score (nSPS) is 37.2. The summed E-state index contributed by atoms with van der Waals surface area (Å²) >= 11 is 0. The monoisotopic (exact) mass is 317 g/mol. The SMILES string of the molecule is COc1cc2c(cc1OC)C13C=C[C@@H](OC)CC1N(CC3)C2O. The number of rotatable bonds is 3. The predicted molar refractivity (Wildman–Crippen MR) is 85.8 cm³/mol. The predicted octanol–water partition coefficient (Wildman–Crippen LogP) is 2.00. The van der Waals surface area contributed by atoms with Gasteiger partial charge in [-0.1, -0.05) is 12.2 Å². The molecule has 124 valence electrons. The largest absolute Gasteiger partial charge is 0.493 e. The summed E-state index contributed by atoms with van der Waals surface area (Å²) in [5.74, 6) is 1.38. The number of nitrogens with zero attached hydrogens (tertiary/aromatic N) is 1. The fourth-order valence-corrected chi connectivity index (χ4v) is 4.61. The van der Waals surface area contributed by atoms with E-state index in [1.807, 2.05) is 12.1 Å². The minimum absolute atomic E-state index is 0.0663. The molecule has 1 aliphatic carbocycles. The van der Waals surface area contributed by atoms with Crippen LogP contribution in [0.3, 0.4) is 0 Å². The summed E-state index contributed by atoms with van der Waals surface area (Å²) in [7, 11) is 5.02. The van der Waals surface area contributed by atoms with Gasteiger partial charge in [0.05, 0.1) is 20.3 Å². The Morgan fingerprint density at radius 3 is 2.61 bits per heavy atom. The van der Waals surface area contributed by atoms with Crippen molar-refractivity contribution in [1.29, 1.82) is 0 Å². The lowest BCUT2D eigenvalue weighted by Crippen LogP contribution is -2.51. The van der Waals surface area contributed by atoms with E-state index in [0.717, 1.165) is 30.5 Å². The second-order valence-corrected chi connectivity index (χ2v) is 6.58. The van der Waals surface area contributed by atoms with Crippen LogP contribution in [0.15, 0.2) is 24.3 Å². The Labute approximate surface area is 136 Å². The Bertz CT molecular complexity index is 659. The van der Waals surface area contributed by atoms with E-state index in [2.05, 4.69) is 17.1 Å². The van der Waals surface area contributed by atoms with Crippen LogP contribution in [0.5, 0.6) is 11.5 Å². The van der Waals surface area contributed by atoms with Gasteiger partial charge in [-0.25, -0.2) is 0 Å². The van der Waals surface area contributed by atoms with Crippen molar-refractivity contribution in [2.75, 3.05) is 27.9 Å². The third-order valence-corrected chi connectivity index (χ3v) is 5.79. The first-order valence-corrected chi connectivity index (χ1v) is 8.07. The van der Waals surface area contributed by atoms with Gasteiger partial charge in [0.15, 0.2) is 11.5 Å². The topological polar surface area (TPSA) is 51.2 Å². The van der Waals surface area contributed by atoms with Crippen molar-refractivity contribution in [1.82, 2.24) is 4.90 Å². The van der Waals surface area contributed by atoms with Crippen LogP contribution in [-0.2, 0) is 10.2 Å². The highest BCUT2D eigenvalue weighted by Crippen LogP contribution is 2.55. The van der Waals surface area contributed by atoms with E-state index in [1.165, 1.54) is 0 Å². The van der Waals surface area contributed by atoms with E-state index in [-0.39, 0.29) is 17.6 Å².